The van der Waals surface area contributed by atoms with Gasteiger partial charge in [0, 0.05) is 18.3 Å². The van der Waals surface area contributed by atoms with Gasteiger partial charge in [0.05, 0.1) is 0 Å². The molecule has 0 radical (unpaired) electrons. The van der Waals surface area contributed by atoms with Crippen molar-refractivity contribution < 1.29 is 9.53 Å². The van der Waals surface area contributed by atoms with E-state index >= 15 is 0 Å². The molecule has 3 rings (SSSR count). The average molecular weight is 362 g/mol. The number of hydrogen-bond acceptors (Lipinski definition) is 5. The van der Waals surface area contributed by atoms with E-state index in [4.69, 9.17) is 4.74 Å². The summed E-state index contributed by atoms with van der Waals surface area (Å²) < 4.78 is 5.74. The minimum atomic E-state index is -0.285. The summed E-state index contributed by atoms with van der Waals surface area (Å²) in [7, 11) is 0. The first kappa shape index (κ1) is 18.4. The molecule has 1 amide bonds. The highest BCUT2D eigenvalue weighted by molar-refractivity contribution is 6.03. The van der Waals surface area contributed by atoms with Crippen LogP contribution in [0.5, 0.6) is 11.5 Å². The van der Waals surface area contributed by atoms with Gasteiger partial charge in [-0.05, 0) is 42.8 Å². The Morgan fingerprint density at radius 2 is 1.74 bits per heavy atom. The molecule has 0 aliphatic rings. The molecule has 0 atom stereocenters. The highest BCUT2D eigenvalue weighted by Gasteiger charge is 2.09. The van der Waals surface area contributed by atoms with Crippen LogP contribution < -0.4 is 15.4 Å². The lowest BCUT2D eigenvalue weighted by molar-refractivity contribution is 0.102. The number of benzene rings is 2. The molecule has 1 aromatic heterocycles. The molecule has 2 N–H and O–H groups in total. The highest BCUT2D eigenvalue weighted by Crippen LogP contribution is 2.22. The fourth-order valence-electron chi connectivity index (χ4n) is 2.40. The third-order valence-corrected chi connectivity index (χ3v) is 3.83. The number of anilines is 2. The molecule has 0 aliphatic heterocycles. The minimum Gasteiger partial charge on any atom is -0.457 e. The van der Waals surface area contributed by atoms with Gasteiger partial charge in [0.15, 0.2) is 0 Å². The number of nitrogens with one attached hydrogen (secondary N) is 2. The first-order valence-corrected chi connectivity index (χ1v) is 8.95. The van der Waals surface area contributed by atoms with E-state index in [0.717, 1.165) is 25.1 Å². The number of carbonyl (C=O) groups is 1. The number of para-hydroxylation sites is 1. The molecule has 3 aromatic rings. The largest absolute Gasteiger partial charge is 0.457 e. The fourth-order valence-corrected chi connectivity index (χ4v) is 2.40. The molecule has 0 bridgehead atoms. The van der Waals surface area contributed by atoms with Gasteiger partial charge in [0.2, 0.25) is 0 Å². The predicted molar refractivity (Wildman–Crippen MR) is 106 cm³/mol. The lowest BCUT2D eigenvalue weighted by Crippen LogP contribution is -2.14. The maximum atomic E-state index is 12.4. The Hall–Kier alpha value is -3.41. The number of rotatable bonds is 8. The van der Waals surface area contributed by atoms with Gasteiger partial charge < -0.3 is 15.4 Å². The molecular formula is C21H22N4O2. The van der Waals surface area contributed by atoms with Crippen LogP contribution in [0.3, 0.4) is 0 Å². The standard InChI is InChI=1S/C21H22N4O2/c1-2-3-13-22-20-14-19(23-15-24-20)21(26)25-16-9-11-18(12-10-16)27-17-7-5-4-6-8-17/h4-12,14-15H,2-3,13H2,1H3,(H,25,26)(H,22,23,24). The molecule has 1 heterocycles. The Morgan fingerprint density at radius 1 is 1.00 bits per heavy atom. The number of hydrogen-bond donors (Lipinski definition) is 2. The van der Waals surface area contributed by atoms with E-state index in [2.05, 4.69) is 27.5 Å². The highest BCUT2D eigenvalue weighted by atomic mass is 16.5. The van der Waals surface area contributed by atoms with Crippen LogP contribution in [-0.2, 0) is 0 Å². The van der Waals surface area contributed by atoms with Crippen LogP contribution in [0.1, 0.15) is 30.3 Å². The third-order valence-electron chi connectivity index (χ3n) is 3.83. The molecule has 6 nitrogen and oxygen atoms in total. The summed E-state index contributed by atoms with van der Waals surface area (Å²) in [5.74, 6) is 1.82. The zero-order chi connectivity index (χ0) is 18.9. The lowest BCUT2D eigenvalue weighted by Gasteiger charge is -2.09. The van der Waals surface area contributed by atoms with Crippen molar-refractivity contribution in [3.8, 4) is 11.5 Å². The SMILES string of the molecule is CCCCNc1cc(C(=O)Nc2ccc(Oc3ccccc3)cc2)ncn1. The maximum absolute atomic E-state index is 12.4. The smallest absolute Gasteiger partial charge is 0.274 e. The first-order chi connectivity index (χ1) is 13.2. The molecule has 0 unspecified atom stereocenters. The Morgan fingerprint density at radius 3 is 2.48 bits per heavy atom. The van der Waals surface area contributed by atoms with Crippen LogP contribution in [0.25, 0.3) is 0 Å². The summed E-state index contributed by atoms with van der Waals surface area (Å²) in [6, 6.07) is 18.4. The molecule has 27 heavy (non-hydrogen) atoms. The zero-order valence-corrected chi connectivity index (χ0v) is 15.2. The van der Waals surface area contributed by atoms with E-state index in [-0.39, 0.29) is 5.91 Å². The summed E-state index contributed by atoms with van der Waals surface area (Å²) in [4.78, 5) is 20.6. The van der Waals surface area contributed by atoms with Crippen LogP contribution in [0.4, 0.5) is 11.5 Å². The van der Waals surface area contributed by atoms with Crippen molar-refractivity contribution in [2.45, 2.75) is 19.8 Å². The van der Waals surface area contributed by atoms with Crippen LogP contribution in [-0.4, -0.2) is 22.4 Å². The second-order valence-electron chi connectivity index (χ2n) is 5.96. The van der Waals surface area contributed by atoms with Crippen molar-refractivity contribution in [2.24, 2.45) is 0 Å². The molecule has 138 valence electrons. The van der Waals surface area contributed by atoms with Crippen LogP contribution in [0.2, 0.25) is 0 Å². The van der Waals surface area contributed by atoms with Crippen molar-refractivity contribution in [3.05, 3.63) is 72.7 Å². The second-order valence-corrected chi connectivity index (χ2v) is 5.96. The van der Waals surface area contributed by atoms with Crippen molar-refractivity contribution in [2.75, 3.05) is 17.2 Å². The van der Waals surface area contributed by atoms with Crippen LogP contribution in [0, 0.1) is 0 Å². The van der Waals surface area contributed by atoms with E-state index < -0.39 is 0 Å². The summed E-state index contributed by atoms with van der Waals surface area (Å²) in [5, 5.41) is 6.02. The molecule has 0 spiro atoms. The van der Waals surface area contributed by atoms with Crippen molar-refractivity contribution in [1.29, 1.82) is 0 Å². The Balaban J connectivity index is 1.60. The molecule has 0 fully saturated rings. The first-order valence-electron chi connectivity index (χ1n) is 8.95. The third kappa shape index (κ3) is 5.54. The molecular weight excluding hydrogens is 340 g/mol. The number of ether oxygens (including phenoxy) is 1. The predicted octanol–water partition coefficient (Wildman–Crippen LogP) is 4.73. The molecule has 0 aliphatic carbocycles. The van der Waals surface area contributed by atoms with Gasteiger partial charge in [-0.3, -0.25) is 4.79 Å². The Kier molecular flexibility index (Phi) is 6.35. The average Bonchev–Trinajstić information content (AvgIpc) is 2.71. The molecule has 0 saturated carbocycles. The Labute approximate surface area is 158 Å². The number of nitrogens with zero attached hydrogens (tertiary/aromatic N) is 2. The van der Waals surface area contributed by atoms with Crippen molar-refractivity contribution in [1.82, 2.24) is 9.97 Å². The second kappa shape index (κ2) is 9.33. The van der Waals surface area contributed by atoms with Crippen molar-refractivity contribution >= 4 is 17.4 Å². The Bertz CT molecular complexity index is 867. The fraction of sp³-hybridized carbons (Fsp3) is 0.190. The van der Waals surface area contributed by atoms with Gasteiger partial charge in [-0.15, -0.1) is 0 Å². The van der Waals surface area contributed by atoms with Gasteiger partial charge in [0.25, 0.3) is 5.91 Å². The van der Waals surface area contributed by atoms with E-state index in [0.29, 0.717) is 22.9 Å². The summed E-state index contributed by atoms with van der Waals surface area (Å²) >= 11 is 0. The van der Waals surface area contributed by atoms with Gasteiger partial charge in [0.1, 0.15) is 29.3 Å². The number of aromatic nitrogens is 2. The van der Waals surface area contributed by atoms with Crippen molar-refractivity contribution in [3.63, 3.8) is 0 Å². The van der Waals surface area contributed by atoms with Crippen LogP contribution >= 0.6 is 0 Å². The maximum Gasteiger partial charge on any atom is 0.274 e. The quantitative estimate of drug-likeness (QED) is 0.566. The summed E-state index contributed by atoms with van der Waals surface area (Å²) in [5.41, 5.74) is 0.980. The summed E-state index contributed by atoms with van der Waals surface area (Å²) in [6.45, 7) is 2.94. The lowest BCUT2D eigenvalue weighted by atomic mass is 10.2. The number of carbonyl (C=O) groups excluding carboxylic acids is 1. The van der Waals surface area contributed by atoms with Gasteiger partial charge in [-0.2, -0.15) is 0 Å². The molecule has 2 aromatic carbocycles. The topological polar surface area (TPSA) is 76.1 Å². The number of amides is 1. The van der Waals surface area contributed by atoms with E-state index in [1.54, 1.807) is 30.3 Å². The number of unbranched alkanes of at least 4 members (excludes halogenated alkanes) is 1. The van der Waals surface area contributed by atoms with Gasteiger partial charge in [-0.1, -0.05) is 31.5 Å². The van der Waals surface area contributed by atoms with Crippen LogP contribution in [0.15, 0.2) is 67.0 Å². The van der Waals surface area contributed by atoms with E-state index in [9.17, 15) is 4.79 Å². The monoisotopic (exact) mass is 362 g/mol. The normalized spacial score (nSPS) is 10.3. The van der Waals surface area contributed by atoms with E-state index in [1.165, 1.54) is 6.33 Å². The van der Waals surface area contributed by atoms with E-state index in [1.807, 2.05) is 30.3 Å². The van der Waals surface area contributed by atoms with Gasteiger partial charge >= 0.3 is 0 Å². The molecule has 0 saturated heterocycles. The van der Waals surface area contributed by atoms with Gasteiger partial charge in [-0.25, -0.2) is 9.97 Å². The molecule has 6 heteroatoms. The summed E-state index contributed by atoms with van der Waals surface area (Å²) in [6.07, 6.45) is 3.53. The zero-order valence-electron chi connectivity index (χ0n) is 15.2. The minimum absolute atomic E-state index is 0.285.